The predicted molar refractivity (Wildman–Crippen MR) is 93.2 cm³/mol. The molecule has 0 saturated carbocycles. The van der Waals surface area contributed by atoms with Gasteiger partial charge in [0.05, 0.1) is 5.56 Å². The van der Waals surface area contributed by atoms with Crippen molar-refractivity contribution >= 4 is 28.7 Å². The summed E-state index contributed by atoms with van der Waals surface area (Å²) in [5.41, 5.74) is 8.43. The fraction of sp³-hybridized carbons (Fsp3) is 0.167. The Balaban J connectivity index is 1.85. The number of benzene rings is 1. The first-order valence-corrected chi connectivity index (χ1v) is 7.64. The van der Waals surface area contributed by atoms with Gasteiger partial charge in [-0.1, -0.05) is 13.8 Å². The molecule has 0 radical (unpaired) electrons. The molecule has 0 bridgehead atoms. The van der Waals surface area contributed by atoms with E-state index in [9.17, 15) is 9.59 Å². The third-order valence-corrected chi connectivity index (χ3v) is 3.66. The summed E-state index contributed by atoms with van der Waals surface area (Å²) < 4.78 is 1.69. The van der Waals surface area contributed by atoms with E-state index in [1.807, 2.05) is 13.8 Å². The van der Waals surface area contributed by atoms with Crippen molar-refractivity contribution in [1.82, 2.24) is 9.38 Å². The van der Waals surface area contributed by atoms with Gasteiger partial charge in [0.25, 0.3) is 5.91 Å². The minimum absolute atomic E-state index is 0.0217. The number of nitrogens with one attached hydrogen (secondary N) is 1. The number of hydrogen-bond acceptors (Lipinski definition) is 4. The normalized spacial score (nSPS) is 11.0. The monoisotopic (exact) mass is 322 g/mol. The number of carbonyl (C=O) groups excluding carboxylic acids is 2. The molecule has 122 valence electrons. The number of anilines is 2. The number of hydrogen-bond donors (Lipinski definition) is 2. The second kappa shape index (κ2) is 6.16. The molecule has 0 fully saturated rings. The summed E-state index contributed by atoms with van der Waals surface area (Å²) in [4.78, 5) is 28.7. The van der Waals surface area contributed by atoms with Crippen LogP contribution in [0.1, 0.15) is 34.7 Å². The standard InChI is InChI=1S/C18H18N4O2/c1-11(2)17(23)15-10-22-9-12(3-8-16(22)21-15)18(24)20-14-6-4-13(19)5-7-14/h3-11H,19H2,1-2H3,(H,20,24). The topological polar surface area (TPSA) is 89.5 Å². The molecular weight excluding hydrogens is 304 g/mol. The third-order valence-electron chi connectivity index (χ3n) is 3.66. The summed E-state index contributed by atoms with van der Waals surface area (Å²) in [6.45, 7) is 3.66. The summed E-state index contributed by atoms with van der Waals surface area (Å²) in [7, 11) is 0. The lowest BCUT2D eigenvalue weighted by Gasteiger charge is -2.06. The van der Waals surface area contributed by atoms with Crippen LogP contribution in [0, 0.1) is 5.92 Å². The van der Waals surface area contributed by atoms with Gasteiger partial charge in [0.2, 0.25) is 0 Å². The zero-order valence-corrected chi connectivity index (χ0v) is 13.5. The Labute approximate surface area is 139 Å². The molecule has 0 saturated heterocycles. The molecule has 0 atom stereocenters. The number of nitrogen functional groups attached to an aromatic ring is 1. The molecule has 1 aromatic carbocycles. The lowest BCUT2D eigenvalue weighted by atomic mass is 10.1. The van der Waals surface area contributed by atoms with Crippen molar-refractivity contribution in [1.29, 1.82) is 0 Å². The van der Waals surface area contributed by atoms with Gasteiger partial charge < -0.3 is 15.5 Å². The van der Waals surface area contributed by atoms with Crippen molar-refractivity contribution in [2.45, 2.75) is 13.8 Å². The maximum absolute atomic E-state index is 12.3. The zero-order chi connectivity index (χ0) is 17.3. The van der Waals surface area contributed by atoms with Crippen LogP contribution in [0.25, 0.3) is 5.65 Å². The molecule has 0 aliphatic rings. The Morgan fingerprint density at radius 3 is 2.46 bits per heavy atom. The lowest BCUT2D eigenvalue weighted by Crippen LogP contribution is -2.12. The van der Waals surface area contributed by atoms with E-state index in [0.717, 1.165) is 0 Å². The first kappa shape index (κ1) is 15.7. The number of pyridine rings is 1. The van der Waals surface area contributed by atoms with E-state index in [1.54, 1.807) is 53.2 Å². The largest absolute Gasteiger partial charge is 0.399 e. The van der Waals surface area contributed by atoms with Gasteiger partial charge in [0.1, 0.15) is 11.3 Å². The minimum Gasteiger partial charge on any atom is -0.399 e. The number of imidazole rings is 1. The van der Waals surface area contributed by atoms with Gasteiger partial charge in [-0.15, -0.1) is 0 Å². The van der Waals surface area contributed by atoms with E-state index >= 15 is 0 Å². The highest BCUT2D eigenvalue weighted by Crippen LogP contribution is 2.14. The molecule has 2 aromatic heterocycles. The van der Waals surface area contributed by atoms with Crippen LogP contribution in [0.15, 0.2) is 48.8 Å². The van der Waals surface area contributed by atoms with E-state index in [1.165, 1.54) is 0 Å². The van der Waals surface area contributed by atoms with Crippen LogP contribution in [0.2, 0.25) is 0 Å². The molecule has 6 nitrogen and oxygen atoms in total. The van der Waals surface area contributed by atoms with Gasteiger partial charge in [-0.05, 0) is 36.4 Å². The average molecular weight is 322 g/mol. The number of fused-ring (bicyclic) bond motifs is 1. The lowest BCUT2D eigenvalue weighted by molar-refractivity contribution is 0.0934. The fourth-order valence-corrected chi connectivity index (χ4v) is 2.31. The summed E-state index contributed by atoms with van der Waals surface area (Å²) in [5.74, 6) is -0.387. The number of amides is 1. The van der Waals surface area contributed by atoms with Crippen LogP contribution < -0.4 is 11.1 Å². The van der Waals surface area contributed by atoms with Crippen molar-refractivity contribution in [3.05, 3.63) is 60.0 Å². The Morgan fingerprint density at radius 1 is 1.08 bits per heavy atom. The average Bonchev–Trinajstić information content (AvgIpc) is 2.99. The molecule has 0 spiro atoms. The molecule has 0 unspecified atom stereocenters. The second-order valence-corrected chi connectivity index (χ2v) is 5.90. The molecular formula is C18H18N4O2. The summed E-state index contributed by atoms with van der Waals surface area (Å²) in [6, 6.07) is 10.3. The van der Waals surface area contributed by atoms with Crippen molar-refractivity contribution in [3.63, 3.8) is 0 Å². The fourth-order valence-electron chi connectivity index (χ4n) is 2.31. The van der Waals surface area contributed by atoms with Crippen LogP contribution in [-0.4, -0.2) is 21.1 Å². The molecule has 1 amide bonds. The van der Waals surface area contributed by atoms with E-state index in [-0.39, 0.29) is 17.6 Å². The zero-order valence-electron chi connectivity index (χ0n) is 13.5. The Morgan fingerprint density at radius 2 is 1.79 bits per heavy atom. The molecule has 3 N–H and O–H groups in total. The Bertz CT molecular complexity index is 910. The van der Waals surface area contributed by atoms with Crippen LogP contribution >= 0.6 is 0 Å². The maximum Gasteiger partial charge on any atom is 0.257 e. The number of rotatable bonds is 4. The van der Waals surface area contributed by atoms with Gasteiger partial charge in [0, 0.05) is 29.7 Å². The molecule has 3 aromatic rings. The van der Waals surface area contributed by atoms with Crippen LogP contribution in [0.4, 0.5) is 11.4 Å². The first-order chi connectivity index (χ1) is 11.4. The van der Waals surface area contributed by atoms with Gasteiger partial charge in [-0.25, -0.2) is 4.98 Å². The minimum atomic E-state index is -0.243. The van der Waals surface area contributed by atoms with Crippen LogP contribution in [0.3, 0.4) is 0 Å². The SMILES string of the molecule is CC(C)C(=O)c1cn2cc(C(=O)Nc3ccc(N)cc3)ccc2n1. The van der Waals surface area contributed by atoms with E-state index in [4.69, 9.17) is 5.73 Å². The number of Topliss-reactive ketones (excluding diaryl/α,β-unsaturated/α-hetero) is 1. The number of aromatic nitrogens is 2. The summed E-state index contributed by atoms with van der Waals surface area (Å²) in [5, 5.41) is 2.80. The van der Waals surface area contributed by atoms with E-state index in [0.29, 0.717) is 28.3 Å². The molecule has 3 rings (SSSR count). The van der Waals surface area contributed by atoms with Crippen LogP contribution in [0.5, 0.6) is 0 Å². The van der Waals surface area contributed by atoms with Crippen molar-refractivity contribution in [3.8, 4) is 0 Å². The van der Waals surface area contributed by atoms with Gasteiger partial charge in [-0.2, -0.15) is 0 Å². The quantitative estimate of drug-likeness (QED) is 0.571. The highest BCUT2D eigenvalue weighted by molar-refractivity contribution is 6.04. The first-order valence-electron chi connectivity index (χ1n) is 7.64. The predicted octanol–water partition coefficient (Wildman–Crippen LogP) is 3.01. The number of nitrogens with two attached hydrogens (primary N) is 1. The molecule has 6 heteroatoms. The smallest absolute Gasteiger partial charge is 0.257 e. The van der Waals surface area contributed by atoms with Crippen molar-refractivity contribution < 1.29 is 9.59 Å². The second-order valence-electron chi connectivity index (χ2n) is 5.90. The number of ketones is 1. The summed E-state index contributed by atoms with van der Waals surface area (Å²) >= 11 is 0. The van der Waals surface area contributed by atoms with Gasteiger partial charge in [-0.3, -0.25) is 9.59 Å². The highest BCUT2D eigenvalue weighted by atomic mass is 16.1. The number of nitrogens with zero attached hydrogens (tertiary/aromatic N) is 2. The van der Waals surface area contributed by atoms with Gasteiger partial charge in [0.15, 0.2) is 5.78 Å². The van der Waals surface area contributed by atoms with Crippen molar-refractivity contribution in [2.24, 2.45) is 5.92 Å². The number of carbonyl (C=O) groups is 2. The highest BCUT2D eigenvalue weighted by Gasteiger charge is 2.15. The molecule has 24 heavy (non-hydrogen) atoms. The maximum atomic E-state index is 12.3. The van der Waals surface area contributed by atoms with Gasteiger partial charge >= 0.3 is 0 Å². The third kappa shape index (κ3) is 3.12. The molecule has 2 heterocycles. The molecule has 0 aliphatic heterocycles. The van der Waals surface area contributed by atoms with Crippen molar-refractivity contribution in [2.75, 3.05) is 11.1 Å². The molecule has 0 aliphatic carbocycles. The Hall–Kier alpha value is -3.15. The Kier molecular flexibility index (Phi) is 4.04. The van der Waals surface area contributed by atoms with E-state index in [2.05, 4.69) is 10.3 Å². The van der Waals surface area contributed by atoms with Crippen LogP contribution in [-0.2, 0) is 0 Å². The summed E-state index contributed by atoms with van der Waals surface area (Å²) in [6.07, 6.45) is 3.31. The van der Waals surface area contributed by atoms with E-state index < -0.39 is 0 Å².